The van der Waals surface area contributed by atoms with Crippen LogP contribution in [0.2, 0.25) is 0 Å². The molecule has 1 aromatic rings. The Balaban J connectivity index is 1.89. The number of carbonyl (C=O) groups is 4. The van der Waals surface area contributed by atoms with E-state index < -0.39 is 29.3 Å². The minimum atomic E-state index is -0.993. The van der Waals surface area contributed by atoms with Gasteiger partial charge in [0, 0.05) is 18.5 Å². The molecule has 30 heavy (non-hydrogen) atoms. The standard InChI is InChI=1S/C20H28N4O6/c1-5-11-30-14-8-7-13(12-15(14)29-6-2)17(26)23-22-16(25)9-10-24-18(27)20(3,4)21-19(24)28/h7-8,12H,5-6,9-11H2,1-4H3,(H,21,28)(H,22,25)(H,23,26). The Morgan fingerprint density at radius 2 is 1.83 bits per heavy atom. The second-order valence-corrected chi connectivity index (χ2v) is 7.21. The molecule has 0 aromatic heterocycles. The molecule has 0 bridgehead atoms. The summed E-state index contributed by atoms with van der Waals surface area (Å²) < 4.78 is 11.1. The van der Waals surface area contributed by atoms with Crippen LogP contribution in [0.5, 0.6) is 11.5 Å². The van der Waals surface area contributed by atoms with Gasteiger partial charge in [-0.3, -0.25) is 30.1 Å². The molecule has 1 aromatic carbocycles. The number of nitrogens with zero attached hydrogens (tertiary/aromatic N) is 1. The average molecular weight is 420 g/mol. The molecule has 0 saturated carbocycles. The van der Waals surface area contributed by atoms with Crippen molar-refractivity contribution in [2.24, 2.45) is 0 Å². The molecule has 3 N–H and O–H groups in total. The maximum atomic E-state index is 12.3. The summed E-state index contributed by atoms with van der Waals surface area (Å²) in [5, 5.41) is 2.54. The van der Waals surface area contributed by atoms with Crippen molar-refractivity contribution >= 4 is 23.8 Å². The molecule has 0 spiro atoms. The van der Waals surface area contributed by atoms with E-state index in [9.17, 15) is 19.2 Å². The Bertz CT molecular complexity index is 824. The van der Waals surface area contributed by atoms with Crippen LogP contribution in [0.4, 0.5) is 4.79 Å². The number of amides is 5. The Morgan fingerprint density at radius 1 is 1.10 bits per heavy atom. The average Bonchev–Trinajstić information content (AvgIpc) is 2.90. The molecule has 1 aliphatic rings. The second kappa shape index (κ2) is 9.95. The summed E-state index contributed by atoms with van der Waals surface area (Å²) in [6.45, 7) is 7.82. The Hall–Kier alpha value is -3.30. The zero-order chi connectivity index (χ0) is 22.3. The molecule has 164 valence electrons. The molecule has 1 saturated heterocycles. The monoisotopic (exact) mass is 420 g/mol. The zero-order valence-electron chi connectivity index (χ0n) is 17.7. The van der Waals surface area contributed by atoms with Crippen molar-refractivity contribution in [2.75, 3.05) is 19.8 Å². The molecule has 0 unspecified atom stereocenters. The SMILES string of the molecule is CCCOc1ccc(C(=O)NNC(=O)CCN2C(=O)NC(C)(C)C2=O)cc1OCC. The van der Waals surface area contributed by atoms with E-state index in [0.29, 0.717) is 24.7 Å². The highest BCUT2D eigenvalue weighted by Crippen LogP contribution is 2.28. The lowest BCUT2D eigenvalue weighted by molar-refractivity contribution is -0.130. The number of hydrazine groups is 1. The van der Waals surface area contributed by atoms with Crippen molar-refractivity contribution in [3.63, 3.8) is 0 Å². The molecule has 1 fully saturated rings. The highest BCUT2D eigenvalue weighted by Gasteiger charge is 2.43. The van der Waals surface area contributed by atoms with Gasteiger partial charge in [0.25, 0.3) is 11.8 Å². The number of ether oxygens (including phenoxy) is 2. The third-order valence-electron chi connectivity index (χ3n) is 4.29. The van der Waals surface area contributed by atoms with Crippen LogP contribution in [0.15, 0.2) is 18.2 Å². The lowest BCUT2D eigenvalue weighted by atomic mass is 10.1. The van der Waals surface area contributed by atoms with E-state index in [2.05, 4.69) is 16.2 Å². The van der Waals surface area contributed by atoms with Gasteiger partial charge in [-0.15, -0.1) is 0 Å². The quantitative estimate of drug-likeness (QED) is 0.409. The number of carbonyl (C=O) groups excluding carboxylic acids is 4. The fourth-order valence-electron chi connectivity index (χ4n) is 2.74. The molecule has 10 nitrogen and oxygen atoms in total. The fourth-order valence-corrected chi connectivity index (χ4v) is 2.74. The minimum absolute atomic E-state index is 0.0895. The normalized spacial score (nSPS) is 14.9. The second-order valence-electron chi connectivity index (χ2n) is 7.21. The minimum Gasteiger partial charge on any atom is -0.490 e. The maximum absolute atomic E-state index is 12.3. The number of rotatable bonds is 9. The van der Waals surface area contributed by atoms with Gasteiger partial charge in [-0.05, 0) is 45.4 Å². The van der Waals surface area contributed by atoms with Crippen molar-refractivity contribution in [3.8, 4) is 11.5 Å². The smallest absolute Gasteiger partial charge is 0.325 e. The Kier molecular flexibility index (Phi) is 7.62. The molecule has 1 heterocycles. The first-order valence-corrected chi connectivity index (χ1v) is 9.82. The number of benzene rings is 1. The van der Waals surface area contributed by atoms with Gasteiger partial charge in [-0.25, -0.2) is 4.79 Å². The summed E-state index contributed by atoms with van der Waals surface area (Å²) in [4.78, 5) is 49.2. The Morgan fingerprint density at radius 3 is 2.43 bits per heavy atom. The summed E-state index contributed by atoms with van der Waals surface area (Å²) >= 11 is 0. The van der Waals surface area contributed by atoms with Gasteiger partial charge in [0.05, 0.1) is 13.2 Å². The van der Waals surface area contributed by atoms with Gasteiger partial charge >= 0.3 is 6.03 Å². The first-order valence-electron chi connectivity index (χ1n) is 9.82. The highest BCUT2D eigenvalue weighted by atomic mass is 16.5. The van der Waals surface area contributed by atoms with Gasteiger partial charge < -0.3 is 14.8 Å². The predicted molar refractivity (Wildman–Crippen MR) is 108 cm³/mol. The third-order valence-corrected chi connectivity index (χ3v) is 4.29. The van der Waals surface area contributed by atoms with Gasteiger partial charge in [0.1, 0.15) is 5.54 Å². The molecule has 2 rings (SSSR count). The Labute approximate surface area is 175 Å². The number of imide groups is 1. The first-order chi connectivity index (χ1) is 14.2. The van der Waals surface area contributed by atoms with Crippen LogP contribution in [-0.2, 0) is 9.59 Å². The van der Waals surface area contributed by atoms with Gasteiger partial charge in [0.15, 0.2) is 11.5 Å². The van der Waals surface area contributed by atoms with Crippen LogP contribution in [0.3, 0.4) is 0 Å². The van der Waals surface area contributed by atoms with Crippen LogP contribution in [0.1, 0.15) is 50.9 Å². The fraction of sp³-hybridized carbons (Fsp3) is 0.500. The topological polar surface area (TPSA) is 126 Å². The summed E-state index contributed by atoms with van der Waals surface area (Å²) in [5.41, 5.74) is 3.86. The molecule has 1 aliphatic heterocycles. The van der Waals surface area contributed by atoms with Crippen LogP contribution in [0.25, 0.3) is 0 Å². The molecular weight excluding hydrogens is 392 g/mol. The van der Waals surface area contributed by atoms with Crippen LogP contribution in [0, 0.1) is 0 Å². The summed E-state index contributed by atoms with van der Waals surface area (Å²) in [6.07, 6.45) is 0.686. The molecule has 10 heteroatoms. The van der Waals surface area contributed by atoms with Crippen LogP contribution < -0.4 is 25.6 Å². The zero-order valence-corrected chi connectivity index (χ0v) is 17.7. The number of hydrogen-bond donors (Lipinski definition) is 3. The van der Waals surface area contributed by atoms with Crippen molar-refractivity contribution in [3.05, 3.63) is 23.8 Å². The lowest BCUT2D eigenvalue weighted by Gasteiger charge is -2.16. The van der Waals surface area contributed by atoms with Crippen molar-refractivity contribution < 1.29 is 28.7 Å². The van der Waals surface area contributed by atoms with E-state index in [-0.39, 0.29) is 18.5 Å². The highest BCUT2D eigenvalue weighted by molar-refractivity contribution is 6.06. The summed E-state index contributed by atoms with van der Waals surface area (Å²) in [7, 11) is 0. The van der Waals surface area contributed by atoms with Gasteiger partial charge in [-0.1, -0.05) is 6.92 Å². The van der Waals surface area contributed by atoms with Crippen molar-refractivity contribution in [2.45, 2.75) is 46.1 Å². The lowest BCUT2D eigenvalue weighted by Crippen LogP contribution is -2.44. The summed E-state index contributed by atoms with van der Waals surface area (Å²) in [6, 6.07) is 4.18. The van der Waals surface area contributed by atoms with Crippen molar-refractivity contribution in [1.82, 2.24) is 21.1 Å². The third kappa shape index (κ3) is 5.62. The van der Waals surface area contributed by atoms with Crippen LogP contribution >= 0.6 is 0 Å². The van der Waals surface area contributed by atoms with E-state index in [0.717, 1.165) is 11.3 Å². The maximum Gasteiger partial charge on any atom is 0.325 e. The van der Waals surface area contributed by atoms with E-state index in [1.54, 1.807) is 26.0 Å². The number of hydrogen-bond acceptors (Lipinski definition) is 6. The molecule has 0 radical (unpaired) electrons. The largest absolute Gasteiger partial charge is 0.490 e. The molecular formula is C20H28N4O6. The number of nitrogens with one attached hydrogen (secondary N) is 3. The van der Waals surface area contributed by atoms with E-state index >= 15 is 0 Å². The van der Waals surface area contributed by atoms with Gasteiger partial charge in [0.2, 0.25) is 5.91 Å². The van der Waals surface area contributed by atoms with Gasteiger partial charge in [-0.2, -0.15) is 0 Å². The van der Waals surface area contributed by atoms with E-state index in [1.807, 2.05) is 13.8 Å². The predicted octanol–water partition coefficient (Wildman–Crippen LogP) is 1.36. The van der Waals surface area contributed by atoms with Crippen LogP contribution in [-0.4, -0.2) is 54.0 Å². The van der Waals surface area contributed by atoms with E-state index in [4.69, 9.17) is 9.47 Å². The molecule has 0 aliphatic carbocycles. The molecule has 0 atom stereocenters. The summed E-state index contributed by atoms with van der Waals surface area (Å²) in [5.74, 6) is -0.510. The first kappa shape index (κ1) is 23.0. The van der Waals surface area contributed by atoms with Crippen molar-refractivity contribution in [1.29, 1.82) is 0 Å². The number of urea groups is 1. The molecule has 5 amide bonds. The van der Waals surface area contributed by atoms with E-state index in [1.165, 1.54) is 6.07 Å².